The zero-order valence-corrected chi connectivity index (χ0v) is 6.87. The Labute approximate surface area is 75.1 Å². The normalized spacial score (nSPS) is 14.7. The van der Waals surface area contributed by atoms with Gasteiger partial charge in [0.2, 0.25) is 0 Å². The molecule has 0 saturated carbocycles. The molecule has 0 bridgehead atoms. The van der Waals surface area contributed by atoms with Gasteiger partial charge >= 0.3 is 0 Å². The van der Waals surface area contributed by atoms with Crippen LogP contribution in [0.25, 0.3) is 0 Å². The molecule has 0 unspecified atom stereocenters. The van der Waals surface area contributed by atoms with Crippen molar-refractivity contribution in [2.75, 3.05) is 12.1 Å². The molecule has 0 saturated heterocycles. The lowest BCUT2D eigenvalue weighted by Gasteiger charge is -2.18. The lowest BCUT2D eigenvalue weighted by Crippen LogP contribution is -2.15. The molecule has 1 N–H and O–H groups in total. The molecule has 1 aliphatic rings. The third-order valence-corrected chi connectivity index (χ3v) is 1.98. The second kappa shape index (κ2) is 3.06. The molecule has 0 atom stereocenters. The van der Waals surface area contributed by atoms with Gasteiger partial charge in [0, 0.05) is 12.1 Å². The molecular formula is C9H8NO3-. The number of rotatable bonds is 1. The summed E-state index contributed by atoms with van der Waals surface area (Å²) in [7, 11) is 0. The molecule has 1 aliphatic heterocycles. The van der Waals surface area contributed by atoms with Crippen LogP contribution in [0.4, 0.5) is 5.69 Å². The fourth-order valence-corrected chi connectivity index (χ4v) is 1.33. The third-order valence-electron chi connectivity index (χ3n) is 1.98. The lowest BCUT2D eigenvalue weighted by molar-refractivity contribution is 0.0933. The average molecular weight is 178 g/mol. The fourth-order valence-electron chi connectivity index (χ4n) is 1.33. The highest BCUT2D eigenvalue weighted by atomic mass is 16.5. The molecule has 2 rings (SSSR count). The number of Topliss-reactive ketones (excluding diaryl/α,β-unsaturated/α-hetero) is 1. The third kappa shape index (κ3) is 1.36. The molecule has 0 fully saturated rings. The maximum absolute atomic E-state index is 11.3. The average Bonchev–Trinajstić information content (AvgIpc) is 2.18. The smallest absolute Gasteiger partial charge is 0.170 e. The first kappa shape index (κ1) is 8.07. The number of hydrogen-bond acceptors (Lipinski definition) is 4. The van der Waals surface area contributed by atoms with Crippen molar-refractivity contribution in [3.63, 3.8) is 0 Å². The molecule has 0 spiro atoms. The summed E-state index contributed by atoms with van der Waals surface area (Å²) in [5, 5.41) is 10.3. The van der Waals surface area contributed by atoms with E-state index in [9.17, 15) is 10.0 Å². The van der Waals surface area contributed by atoms with Crippen LogP contribution in [0.2, 0.25) is 0 Å². The van der Waals surface area contributed by atoms with Crippen molar-refractivity contribution in [1.82, 2.24) is 0 Å². The van der Waals surface area contributed by atoms with Gasteiger partial charge in [-0.05, 0) is 18.2 Å². The number of hydrogen-bond donors (Lipinski definition) is 1. The van der Waals surface area contributed by atoms with Crippen LogP contribution < -0.4 is 10.2 Å². The van der Waals surface area contributed by atoms with Crippen molar-refractivity contribution in [2.24, 2.45) is 0 Å². The van der Waals surface area contributed by atoms with Crippen molar-refractivity contribution in [3.8, 4) is 5.75 Å². The number of carbonyl (C=O) groups excluding carboxylic acids is 1. The molecule has 0 amide bonds. The molecule has 1 aromatic carbocycles. The van der Waals surface area contributed by atoms with Crippen LogP contribution in [-0.2, 0) is 0 Å². The summed E-state index contributed by atoms with van der Waals surface area (Å²) in [5.74, 6) is 0.591. The highest BCUT2D eigenvalue weighted by Crippen LogP contribution is 2.27. The Morgan fingerprint density at radius 3 is 3.08 bits per heavy atom. The zero-order chi connectivity index (χ0) is 9.26. The molecule has 13 heavy (non-hydrogen) atoms. The molecular weight excluding hydrogens is 170 g/mol. The first-order valence-corrected chi connectivity index (χ1v) is 3.99. The van der Waals surface area contributed by atoms with Gasteiger partial charge in [0.1, 0.15) is 5.75 Å². The van der Waals surface area contributed by atoms with Gasteiger partial charge in [-0.2, -0.15) is 0 Å². The van der Waals surface area contributed by atoms with Crippen LogP contribution in [0.5, 0.6) is 5.75 Å². The Kier molecular flexibility index (Phi) is 1.90. The van der Waals surface area contributed by atoms with E-state index in [1.807, 2.05) is 0 Å². The van der Waals surface area contributed by atoms with Gasteiger partial charge in [-0.3, -0.25) is 4.79 Å². The minimum atomic E-state index is 0.0263. The quantitative estimate of drug-likeness (QED) is 0.663. The van der Waals surface area contributed by atoms with E-state index in [4.69, 9.17) is 4.74 Å². The van der Waals surface area contributed by atoms with E-state index in [0.717, 1.165) is 0 Å². The second-order valence-corrected chi connectivity index (χ2v) is 2.83. The molecule has 0 aliphatic carbocycles. The Balaban J connectivity index is 2.47. The topological polar surface area (TPSA) is 61.4 Å². The van der Waals surface area contributed by atoms with E-state index in [2.05, 4.69) is 0 Å². The number of ether oxygens (including phenoxy) is 1. The van der Waals surface area contributed by atoms with Gasteiger partial charge in [0.15, 0.2) is 5.78 Å². The summed E-state index contributed by atoms with van der Waals surface area (Å²) in [6.07, 6.45) is 0.384. The van der Waals surface area contributed by atoms with Crippen LogP contribution in [0.15, 0.2) is 18.2 Å². The number of anilines is 1. The summed E-state index contributed by atoms with van der Waals surface area (Å²) >= 11 is 0. The number of carbonyl (C=O) groups is 1. The molecule has 0 aromatic heterocycles. The van der Waals surface area contributed by atoms with Crippen molar-refractivity contribution < 1.29 is 9.53 Å². The van der Waals surface area contributed by atoms with Crippen LogP contribution in [0.3, 0.4) is 0 Å². The Morgan fingerprint density at radius 2 is 2.31 bits per heavy atom. The monoisotopic (exact) mass is 178 g/mol. The SMILES string of the molecule is O=C1CCOc2ccc(N[O-])cc21. The minimum Gasteiger partial charge on any atom is -0.761 e. The maximum Gasteiger partial charge on any atom is 0.170 e. The summed E-state index contributed by atoms with van der Waals surface area (Å²) in [4.78, 5) is 11.3. The first-order valence-electron chi connectivity index (χ1n) is 3.99. The van der Waals surface area contributed by atoms with Crippen LogP contribution in [0.1, 0.15) is 16.8 Å². The molecule has 1 heterocycles. The number of nitrogens with one attached hydrogen (secondary N) is 1. The summed E-state index contributed by atoms with van der Waals surface area (Å²) in [6.45, 7) is 0.427. The van der Waals surface area contributed by atoms with Crippen molar-refractivity contribution >= 4 is 11.5 Å². The zero-order valence-electron chi connectivity index (χ0n) is 6.87. The highest BCUT2D eigenvalue weighted by Gasteiger charge is 2.17. The number of benzene rings is 1. The summed E-state index contributed by atoms with van der Waals surface area (Å²) in [5.41, 5.74) is 2.62. The van der Waals surface area contributed by atoms with Crippen LogP contribution >= 0.6 is 0 Å². The fraction of sp³-hybridized carbons (Fsp3) is 0.222. The molecule has 0 radical (unpaired) electrons. The van der Waals surface area contributed by atoms with Crippen molar-refractivity contribution in [3.05, 3.63) is 29.0 Å². The highest BCUT2D eigenvalue weighted by molar-refractivity contribution is 6.00. The van der Waals surface area contributed by atoms with Gasteiger partial charge in [-0.15, -0.1) is 0 Å². The van der Waals surface area contributed by atoms with E-state index >= 15 is 0 Å². The molecule has 1 aromatic rings. The second-order valence-electron chi connectivity index (χ2n) is 2.83. The van der Waals surface area contributed by atoms with Crippen LogP contribution in [-0.4, -0.2) is 12.4 Å². The molecule has 68 valence electrons. The van der Waals surface area contributed by atoms with Gasteiger partial charge in [-0.1, -0.05) is 0 Å². The van der Waals surface area contributed by atoms with E-state index < -0.39 is 0 Å². The summed E-state index contributed by atoms with van der Waals surface area (Å²) in [6, 6.07) is 4.74. The van der Waals surface area contributed by atoms with E-state index in [1.54, 1.807) is 17.6 Å². The number of ketones is 1. The lowest BCUT2D eigenvalue weighted by atomic mass is 10.0. The van der Waals surface area contributed by atoms with Gasteiger partial charge in [0.05, 0.1) is 12.2 Å². The summed E-state index contributed by atoms with van der Waals surface area (Å²) < 4.78 is 5.24. The Bertz CT molecular complexity index is 349. The largest absolute Gasteiger partial charge is 0.761 e. The van der Waals surface area contributed by atoms with E-state index in [0.29, 0.717) is 30.0 Å². The van der Waals surface area contributed by atoms with Gasteiger partial charge in [-0.25, -0.2) is 0 Å². The first-order chi connectivity index (χ1) is 6.31. The van der Waals surface area contributed by atoms with Crippen molar-refractivity contribution in [2.45, 2.75) is 6.42 Å². The predicted octanol–water partition coefficient (Wildman–Crippen LogP) is 1.56. The van der Waals surface area contributed by atoms with Gasteiger partial charge < -0.3 is 15.4 Å². The Morgan fingerprint density at radius 1 is 1.46 bits per heavy atom. The predicted molar refractivity (Wildman–Crippen MR) is 47.9 cm³/mol. The Hall–Kier alpha value is -1.55. The van der Waals surface area contributed by atoms with Gasteiger partial charge in [0.25, 0.3) is 0 Å². The van der Waals surface area contributed by atoms with Crippen molar-refractivity contribution in [1.29, 1.82) is 0 Å². The minimum absolute atomic E-state index is 0.0263. The standard InChI is InChI=1S/C9H8NO3/c11-8-3-4-13-9-2-1-6(10-12)5-7(8)9/h1-2,5,10H,3-4H2/q-1. The van der Waals surface area contributed by atoms with E-state index in [-0.39, 0.29) is 5.78 Å². The van der Waals surface area contributed by atoms with E-state index in [1.165, 1.54) is 6.07 Å². The van der Waals surface area contributed by atoms with Crippen LogP contribution in [0, 0.1) is 5.21 Å². The molecule has 4 nitrogen and oxygen atoms in total. The maximum atomic E-state index is 11.3. The molecule has 4 heteroatoms. The number of fused-ring (bicyclic) bond motifs is 1.